The lowest BCUT2D eigenvalue weighted by Crippen LogP contribution is -1.76. The highest BCUT2D eigenvalue weighted by molar-refractivity contribution is 6.29. The van der Waals surface area contributed by atoms with Crippen molar-refractivity contribution in [2.24, 2.45) is 0 Å². The van der Waals surface area contributed by atoms with Crippen LogP contribution < -0.4 is 0 Å². The van der Waals surface area contributed by atoms with Crippen LogP contribution in [0.15, 0.2) is 12.1 Å². The van der Waals surface area contributed by atoms with E-state index in [1.165, 1.54) is 12.1 Å². The number of halogens is 1. The Morgan fingerprint density at radius 3 is 3.00 bits per heavy atom. The fourth-order valence-corrected chi connectivity index (χ4v) is 0.597. The van der Waals surface area contributed by atoms with Gasteiger partial charge in [0, 0.05) is 0 Å². The van der Waals surface area contributed by atoms with Crippen LogP contribution in [0.4, 0.5) is 0 Å². The number of pyridine rings is 1. The molecule has 1 aromatic heterocycles. The average molecular weight is 138 g/mol. The maximum Gasteiger partial charge on any atom is 0.131 e. The molecule has 3 heteroatoms. The molecule has 43 valence electrons. The molecule has 0 amide bonds. The van der Waals surface area contributed by atoms with E-state index in [4.69, 9.17) is 16.9 Å². The van der Waals surface area contributed by atoms with Crippen molar-refractivity contribution in [3.05, 3.63) is 29.0 Å². The van der Waals surface area contributed by atoms with E-state index in [0.717, 1.165) is 0 Å². The Morgan fingerprint density at radius 2 is 2.56 bits per heavy atom. The maximum absolute atomic E-state index is 8.31. The summed E-state index contributed by atoms with van der Waals surface area (Å²) in [6, 6.07) is 4.87. The second-order valence-corrected chi connectivity index (χ2v) is 1.81. The zero-order chi connectivity index (χ0) is 6.69. The van der Waals surface area contributed by atoms with Crippen molar-refractivity contribution in [2.75, 3.05) is 0 Å². The van der Waals surface area contributed by atoms with E-state index in [1.54, 1.807) is 0 Å². The van der Waals surface area contributed by atoms with Gasteiger partial charge >= 0.3 is 0 Å². The summed E-state index contributed by atoms with van der Waals surface area (Å²) in [5, 5.41) is 8.61. The Balaban J connectivity index is 3.12. The molecule has 1 heterocycles. The molecule has 0 spiro atoms. The Morgan fingerprint density at radius 1 is 1.78 bits per heavy atom. The number of hydrogen-bond acceptors (Lipinski definition) is 2. The average Bonchev–Trinajstić information content (AvgIpc) is 1.88. The third kappa shape index (κ3) is 1.41. The Labute approximate surface area is 57.7 Å². The van der Waals surface area contributed by atoms with Gasteiger partial charge in [0.05, 0.1) is 17.8 Å². The van der Waals surface area contributed by atoms with Crippen LogP contribution in [-0.4, -0.2) is 4.98 Å². The highest BCUT2D eigenvalue weighted by Crippen LogP contribution is 2.04. The van der Waals surface area contributed by atoms with E-state index < -0.39 is 0 Å². The number of nitriles is 1. The molecule has 0 bridgehead atoms. The van der Waals surface area contributed by atoms with Gasteiger partial charge in [0.1, 0.15) is 5.15 Å². The molecule has 1 rings (SSSR count). The van der Waals surface area contributed by atoms with Gasteiger partial charge in [-0.1, -0.05) is 11.6 Å². The Bertz CT molecular complexity index is 251. The minimum absolute atomic E-state index is 0.300. The zero-order valence-corrected chi connectivity index (χ0v) is 5.18. The fourth-order valence-electron chi connectivity index (χ4n) is 0.430. The molecule has 0 aromatic carbocycles. The molecule has 2 nitrogen and oxygen atoms in total. The molecular formula is C6H2ClN2. The molecule has 9 heavy (non-hydrogen) atoms. The molecule has 0 saturated carbocycles. The molecule has 0 aliphatic rings. The molecule has 0 saturated heterocycles. The summed E-state index contributed by atoms with van der Waals surface area (Å²) < 4.78 is 0. The quantitative estimate of drug-likeness (QED) is 0.507. The van der Waals surface area contributed by atoms with E-state index in [0.29, 0.717) is 10.7 Å². The summed E-state index contributed by atoms with van der Waals surface area (Å²) in [6.45, 7) is 0. The Kier molecular flexibility index (Phi) is 1.66. The first-order chi connectivity index (χ1) is 4.33. The van der Waals surface area contributed by atoms with E-state index in [1.807, 2.05) is 6.07 Å². The van der Waals surface area contributed by atoms with Crippen molar-refractivity contribution >= 4 is 11.6 Å². The van der Waals surface area contributed by atoms with Gasteiger partial charge in [-0.25, -0.2) is 4.98 Å². The molecule has 0 N–H and O–H groups in total. The summed E-state index contributed by atoms with van der Waals surface area (Å²) in [5.41, 5.74) is 0.481. The summed E-state index contributed by atoms with van der Waals surface area (Å²) in [4.78, 5) is 3.58. The molecule has 0 atom stereocenters. The predicted molar refractivity (Wildman–Crippen MR) is 32.8 cm³/mol. The second kappa shape index (κ2) is 2.47. The van der Waals surface area contributed by atoms with Gasteiger partial charge in [-0.3, -0.25) is 0 Å². The van der Waals surface area contributed by atoms with Crippen molar-refractivity contribution in [2.45, 2.75) is 0 Å². The third-order valence-corrected chi connectivity index (χ3v) is 0.989. The monoisotopic (exact) mass is 137 g/mol. The van der Waals surface area contributed by atoms with Crippen LogP contribution in [0.5, 0.6) is 0 Å². The van der Waals surface area contributed by atoms with E-state index in [-0.39, 0.29) is 0 Å². The summed E-state index contributed by atoms with van der Waals surface area (Å²) in [7, 11) is 0. The molecule has 0 unspecified atom stereocenters. The molecule has 0 fully saturated rings. The third-order valence-electron chi connectivity index (χ3n) is 0.795. The lowest BCUT2D eigenvalue weighted by atomic mass is 10.3. The van der Waals surface area contributed by atoms with Crippen LogP contribution in [-0.2, 0) is 0 Å². The smallest absolute Gasteiger partial charge is 0.131 e. The molecule has 1 aromatic rings. The summed E-state index contributed by atoms with van der Waals surface area (Å²) >= 11 is 5.43. The summed E-state index contributed by atoms with van der Waals surface area (Å²) in [6.07, 6.45) is 2.48. The predicted octanol–water partition coefficient (Wildman–Crippen LogP) is 1.41. The molecule has 0 aliphatic heterocycles. The van der Waals surface area contributed by atoms with Gasteiger partial charge in [-0.2, -0.15) is 5.26 Å². The number of hydrogen-bond donors (Lipinski definition) is 0. The standard InChI is InChI=1S/C6H2ClN2/c7-6-3-5(4-8)1-2-9-6/h1,3H. The second-order valence-electron chi connectivity index (χ2n) is 1.42. The zero-order valence-electron chi connectivity index (χ0n) is 4.43. The first kappa shape index (κ1) is 6.06. The van der Waals surface area contributed by atoms with Gasteiger partial charge in [0.15, 0.2) is 0 Å². The van der Waals surface area contributed by atoms with Crippen LogP contribution in [0.2, 0.25) is 5.15 Å². The van der Waals surface area contributed by atoms with Crippen LogP contribution in [0, 0.1) is 17.5 Å². The first-order valence-electron chi connectivity index (χ1n) is 2.26. The molecular weight excluding hydrogens is 136 g/mol. The van der Waals surface area contributed by atoms with Crippen LogP contribution >= 0.6 is 11.6 Å². The van der Waals surface area contributed by atoms with E-state index in [9.17, 15) is 0 Å². The highest BCUT2D eigenvalue weighted by Gasteiger charge is 1.89. The Hall–Kier alpha value is -1.07. The van der Waals surface area contributed by atoms with Gasteiger partial charge in [0.25, 0.3) is 0 Å². The largest absolute Gasteiger partial charge is 0.234 e. The van der Waals surface area contributed by atoms with Crippen molar-refractivity contribution < 1.29 is 0 Å². The first-order valence-corrected chi connectivity index (χ1v) is 2.64. The lowest BCUT2D eigenvalue weighted by molar-refractivity contribution is 1.29. The maximum atomic E-state index is 8.31. The minimum Gasteiger partial charge on any atom is -0.234 e. The van der Waals surface area contributed by atoms with Gasteiger partial charge in [0.2, 0.25) is 0 Å². The minimum atomic E-state index is 0.300. The normalized spacial score (nSPS) is 8.44. The molecule has 1 radical (unpaired) electrons. The van der Waals surface area contributed by atoms with E-state index >= 15 is 0 Å². The molecule has 0 aliphatic carbocycles. The summed E-state index contributed by atoms with van der Waals surface area (Å²) in [5.74, 6) is 0. The van der Waals surface area contributed by atoms with Crippen molar-refractivity contribution in [3.8, 4) is 6.07 Å². The fraction of sp³-hybridized carbons (Fsp3) is 0. The number of aromatic nitrogens is 1. The van der Waals surface area contributed by atoms with Crippen molar-refractivity contribution in [1.29, 1.82) is 5.26 Å². The number of rotatable bonds is 0. The van der Waals surface area contributed by atoms with E-state index in [2.05, 4.69) is 11.2 Å². The van der Waals surface area contributed by atoms with Crippen molar-refractivity contribution in [3.63, 3.8) is 0 Å². The van der Waals surface area contributed by atoms with Gasteiger partial charge < -0.3 is 0 Å². The van der Waals surface area contributed by atoms with Gasteiger partial charge in [-0.05, 0) is 12.1 Å². The number of nitrogens with zero attached hydrogens (tertiary/aromatic N) is 2. The lowest BCUT2D eigenvalue weighted by Gasteiger charge is -1.85. The highest BCUT2D eigenvalue weighted by atomic mass is 35.5. The van der Waals surface area contributed by atoms with Crippen LogP contribution in [0.1, 0.15) is 5.56 Å². The SMILES string of the molecule is N#Cc1c[c]nc(Cl)c1. The van der Waals surface area contributed by atoms with Crippen LogP contribution in [0.25, 0.3) is 0 Å². The van der Waals surface area contributed by atoms with Crippen molar-refractivity contribution in [1.82, 2.24) is 4.98 Å². The topological polar surface area (TPSA) is 36.7 Å². The van der Waals surface area contributed by atoms with Gasteiger partial charge in [-0.15, -0.1) is 0 Å². The van der Waals surface area contributed by atoms with Crippen LogP contribution in [0.3, 0.4) is 0 Å².